The molecule has 0 heterocycles. The summed E-state index contributed by atoms with van der Waals surface area (Å²) in [5.74, 6) is -1.72. The van der Waals surface area contributed by atoms with Crippen molar-refractivity contribution in [2.75, 3.05) is 0 Å². The Morgan fingerprint density at radius 1 is 0.300 bits per heavy atom. The Morgan fingerprint density at radius 2 is 0.500 bits per heavy atom. The number of carbonyl (C=O) groups excluding carboxylic acids is 1. The molecule has 0 aliphatic rings. The number of rotatable bonds is 4. The van der Waals surface area contributed by atoms with Crippen molar-refractivity contribution in [3.8, 4) is 56.8 Å². The SMILES string of the molecule is CC(C)[O-].CC(C)[O-].O=C(c1ccccc1[O-])c1ccccc1[O-].[O-]c1ccc2ccccc2c1-c1c([O-])ccc2ccccc12.[O-]c1ccc2ccccc2c1-c1c([O-])ccc2ccccc12.[Ti+4].[Ti+4]. The molecule has 11 heteroatoms. The minimum absolute atomic E-state index is 0. The molecule has 0 unspecified atom stereocenters. The van der Waals surface area contributed by atoms with Gasteiger partial charge in [0.25, 0.3) is 0 Å². The van der Waals surface area contributed by atoms with Crippen molar-refractivity contribution in [2.24, 2.45) is 0 Å². The van der Waals surface area contributed by atoms with Gasteiger partial charge in [-0.3, -0.25) is 4.79 Å². The van der Waals surface area contributed by atoms with Gasteiger partial charge in [0.2, 0.25) is 0 Å². The number of ketones is 1. The third kappa shape index (κ3) is 13.6. The minimum atomic E-state index is -0.517. The second kappa shape index (κ2) is 26.2. The van der Waals surface area contributed by atoms with Crippen molar-refractivity contribution in [1.29, 1.82) is 0 Å². The number of para-hydroxylation sites is 2. The standard InChI is InChI=1S/2C20H14O2.C13H10O3.2C3H7O.2Ti/c2*21-17-11-9-13-5-1-3-7-15(13)19(17)20-16-8-4-2-6-14(16)10-12-18(20)22;14-11-7-3-1-5-9(11)13(16)10-6-2-4-8-12(10)15;2*1-3(2)4;;/h2*1-12,21-22H;1-8,14-15H;2*3H,1-2H3;;/q;;;2*-1;2*+4/p-6. The zero-order valence-corrected chi connectivity index (χ0v) is 41.9. The van der Waals surface area contributed by atoms with Gasteiger partial charge in [-0.25, -0.2) is 0 Å². The molecule has 0 radical (unpaired) electrons. The first kappa shape index (κ1) is 55.7. The second-order valence-electron chi connectivity index (χ2n) is 16.1. The van der Waals surface area contributed by atoms with E-state index >= 15 is 0 Å². The maximum Gasteiger partial charge on any atom is 4.00 e. The van der Waals surface area contributed by atoms with Gasteiger partial charge in [-0.05, 0) is 65.3 Å². The number of fused-ring (bicyclic) bond motifs is 4. The number of benzene rings is 10. The summed E-state index contributed by atoms with van der Waals surface area (Å²) >= 11 is 0. The fourth-order valence-electron chi connectivity index (χ4n) is 7.49. The predicted molar refractivity (Wildman–Crippen MR) is 257 cm³/mol. The van der Waals surface area contributed by atoms with Crippen LogP contribution in [0.4, 0.5) is 0 Å². The average Bonchev–Trinajstić information content (AvgIpc) is 3.32. The van der Waals surface area contributed by atoms with E-state index in [0.29, 0.717) is 22.3 Å². The van der Waals surface area contributed by atoms with E-state index in [4.69, 9.17) is 0 Å². The fraction of sp³-hybridized carbons (Fsp3) is 0.102. The first-order chi connectivity index (χ1) is 32.7. The Kier molecular flexibility index (Phi) is 20.8. The Balaban J connectivity index is 0.000000211. The molecular formula is C59H46O9Ti2. The topological polar surface area (TPSA) is 202 Å². The van der Waals surface area contributed by atoms with Crippen molar-refractivity contribution in [3.63, 3.8) is 0 Å². The summed E-state index contributed by atoms with van der Waals surface area (Å²) in [6.07, 6.45) is -0.833. The van der Waals surface area contributed by atoms with Crippen LogP contribution in [-0.2, 0) is 43.4 Å². The predicted octanol–water partition coefficient (Wildman–Crippen LogP) is 8.18. The molecule has 0 aliphatic carbocycles. The van der Waals surface area contributed by atoms with Crippen LogP contribution in [0, 0.1) is 0 Å². The number of carbonyl (C=O) groups is 1. The zero-order chi connectivity index (χ0) is 48.9. The Hall–Kier alpha value is -6.94. The molecule has 0 fully saturated rings. The molecule has 0 amide bonds. The monoisotopic (exact) mass is 994 g/mol. The molecular weight excluding hydrogens is 948 g/mol. The van der Waals surface area contributed by atoms with Gasteiger partial charge >= 0.3 is 43.4 Å². The van der Waals surface area contributed by atoms with Gasteiger partial charge in [0, 0.05) is 11.1 Å². The molecule has 70 heavy (non-hydrogen) atoms. The molecule has 0 spiro atoms. The van der Waals surface area contributed by atoms with Crippen LogP contribution in [0.2, 0.25) is 0 Å². The van der Waals surface area contributed by atoms with E-state index in [1.165, 1.54) is 24.3 Å². The van der Waals surface area contributed by atoms with Crippen molar-refractivity contribution >= 4 is 48.9 Å². The first-order valence-corrected chi connectivity index (χ1v) is 21.8. The molecule has 0 atom stereocenters. The maximum atomic E-state index is 12.5. The summed E-state index contributed by atoms with van der Waals surface area (Å²) in [5.41, 5.74) is 2.07. The van der Waals surface area contributed by atoms with Gasteiger partial charge in [-0.2, -0.15) is 0 Å². The van der Waals surface area contributed by atoms with E-state index < -0.39 is 18.0 Å². The number of hydrogen-bond donors (Lipinski definition) is 0. The smallest absolute Gasteiger partial charge is 0.872 e. The van der Waals surface area contributed by atoms with Crippen LogP contribution in [0.25, 0.3) is 65.3 Å². The molecule has 0 saturated heterocycles. The normalized spacial score (nSPS) is 10.3. The summed E-state index contributed by atoms with van der Waals surface area (Å²) in [5, 5.41) is 99.0. The van der Waals surface area contributed by atoms with Gasteiger partial charge in [-0.15, -0.1) is 35.2 Å². The van der Waals surface area contributed by atoms with E-state index in [2.05, 4.69) is 0 Å². The number of hydrogen-bond acceptors (Lipinski definition) is 9. The zero-order valence-electron chi connectivity index (χ0n) is 38.8. The van der Waals surface area contributed by atoms with Crippen LogP contribution in [0.5, 0.6) is 34.5 Å². The Labute approximate surface area is 437 Å². The van der Waals surface area contributed by atoms with E-state index in [1.807, 2.05) is 97.1 Å². The van der Waals surface area contributed by atoms with E-state index in [-0.39, 0.29) is 89.1 Å². The second-order valence-corrected chi connectivity index (χ2v) is 16.1. The van der Waals surface area contributed by atoms with Crippen LogP contribution >= 0.6 is 0 Å². The first-order valence-electron chi connectivity index (χ1n) is 21.8. The summed E-state index contributed by atoms with van der Waals surface area (Å²) in [6.45, 7) is 6.44. The summed E-state index contributed by atoms with van der Waals surface area (Å²) in [4.78, 5) is 11.9. The van der Waals surface area contributed by atoms with Crippen LogP contribution in [0.3, 0.4) is 0 Å². The molecule has 344 valence electrons. The molecule has 0 bridgehead atoms. The van der Waals surface area contributed by atoms with Gasteiger partial charge in [0.15, 0.2) is 5.78 Å². The minimum Gasteiger partial charge on any atom is -0.872 e. The van der Waals surface area contributed by atoms with Gasteiger partial charge in [0.1, 0.15) is 0 Å². The van der Waals surface area contributed by atoms with Crippen molar-refractivity contribution < 1.29 is 89.1 Å². The molecule has 0 aliphatic heterocycles. The molecule has 0 aromatic heterocycles. The van der Waals surface area contributed by atoms with Crippen molar-refractivity contribution in [2.45, 2.75) is 39.9 Å². The van der Waals surface area contributed by atoms with E-state index in [9.17, 15) is 45.6 Å². The van der Waals surface area contributed by atoms with Crippen molar-refractivity contribution in [1.82, 2.24) is 0 Å². The van der Waals surface area contributed by atoms with E-state index in [0.717, 1.165) is 43.1 Å². The van der Waals surface area contributed by atoms with E-state index in [1.54, 1.807) is 100 Å². The Bertz CT molecular complexity index is 2940. The molecule has 0 N–H and O–H groups in total. The molecule has 0 saturated carbocycles. The van der Waals surface area contributed by atoms with Crippen LogP contribution in [0.1, 0.15) is 43.6 Å². The summed E-state index contributed by atoms with van der Waals surface area (Å²) < 4.78 is 0. The summed E-state index contributed by atoms with van der Waals surface area (Å²) in [6, 6.07) is 55.8. The third-order valence-corrected chi connectivity index (χ3v) is 10.3. The van der Waals surface area contributed by atoms with Gasteiger partial charge < -0.3 is 40.9 Å². The third-order valence-electron chi connectivity index (χ3n) is 10.3. The molecule has 10 rings (SSSR count). The molecule has 10 aromatic rings. The van der Waals surface area contributed by atoms with Gasteiger partial charge in [0.05, 0.1) is 0 Å². The van der Waals surface area contributed by atoms with Gasteiger partial charge in [-0.1, -0.05) is 233 Å². The van der Waals surface area contributed by atoms with Crippen LogP contribution < -0.4 is 40.9 Å². The van der Waals surface area contributed by atoms with Crippen molar-refractivity contribution in [3.05, 3.63) is 205 Å². The Morgan fingerprint density at radius 3 is 0.729 bits per heavy atom. The van der Waals surface area contributed by atoms with Crippen LogP contribution in [-0.4, -0.2) is 18.0 Å². The molecule has 9 nitrogen and oxygen atoms in total. The average molecular weight is 995 g/mol. The quantitative estimate of drug-likeness (QED) is 0.123. The largest absolute Gasteiger partial charge is 4.00 e. The molecule has 10 aromatic carbocycles. The fourth-order valence-corrected chi connectivity index (χ4v) is 7.49. The summed E-state index contributed by atoms with van der Waals surface area (Å²) in [7, 11) is 0. The maximum absolute atomic E-state index is 12.5. The van der Waals surface area contributed by atoms with Crippen LogP contribution in [0.15, 0.2) is 194 Å².